The lowest BCUT2D eigenvalue weighted by Crippen LogP contribution is -2.62. The minimum absolute atomic E-state index is 0.0277. The van der Waals surface area contributed by atoms with E-state index in [1.165, 1.54) is 43.0 Å². The summed E-state index contributed by atoms with van der Waals surface area (Å²) in [5, 5.41) is 59.1. The molecule has 10 atom stereocenters. The van der Waals surface area contributed by atoms with Crippen molar-refractivity contribution in [3.05, 3.63) is 65.7 Å². The highest BCUT2D eigenvalue weighted by Gasteiger charge is 2.42. The van der Waals surface area contributed by atoms with E-state index in [1.54, 1.807) is 44.2 Å². The zero-order chi connectivity index (χ0) is 53.2. The van der Waals surface area contributed by atoms with E-state index < -0.39 is 133 Å². The summed E-state index contributed by atoms with van der Waals surface area (Å²) in [5.41, 5.74) is 11.9. The molecule has 24 heteroatoms. The summed E-state index contributed by atoms with van der Waals surface area (Å²) in [5.74, 6) is -9.62. The van der Waals surface area contributed by atoms with Gasteiger partial charge in [-0.2, -0.15) is 0 Å². The monoisotopic (exact) mass is 1010 g/mol. The Morgan fingerprint density at radius 3 is 1.88 bits per heavy atom. The number of aromatic hydroxyl groups is 1. The molecule has 2 aromatic carbocycles. The van der Waals surface area contributed by atoms with Crippen LogP contribution in [0.1, 0.15) is 77.3 Å². The predicted molar refractivity (Wildman–Crippen MR) is 260 cm³/mol. The van der Waals surface area contributed by atoms with Gasteiger partial charge in [-0.1, -0.05) is 56.3 Å². The maximum Gasteiger partial charge on any atom is 0.305 e. The van der Waals surface area contributed by atoms with E-state index in [4.69, 9.17) is 11.5 Å². The molecule has 2 heterocycles. The van der Waals surface area contributed by atoms with Crippen LogP contribution in [0, 0.1) is 5.92 Å². The normalized spacial score (nSPS) is 26.1. The number of carboxylic acids is 1. The molecule has 0 saturated carbocycles. The number of phenolic OH excluding ortho intramolecular Hbond substituents is 1. The Kier molecular flexibility index (Phi) is 21.9. The first-order chi connectivity index (χ1) is 34.1. The summed E-state index contributed by atoms with van der Waals surface area (Å²) in [6, 6.07) is 0.971. The van der Waals surface area contributed by atoms with Crippen molar-refractivity contribution < 1.29 is 63.6 Å². The number of phenols is 1. The molecule has 72 heavy (non-hydrogen) atoms. The lowest BCUT2D eigenvalue weighted by atomic mass is 9.96. The molecule has 15 N–H and O–H groups in total. The number of ketones is 1. The molecule has 2 aliphatic heterocycles. The number of hydrogen-bond donors (Lipinski definition) is 13. The fraction of sp³-hybridized carbons (Fsp3) is 0.542. The zero-order valence-corrected chi connectivity index (χ0v) is 40.8. The number of amides is 7. The van der Waals surface area contributed by atoms with Crippen LogP contribution < -0.4 is 48.7 Å². The second kappa shape index (κ2) is 27.4. The number of nitrogens with zero attached hydrogens (tertiary/aromatic N) is 2. The van der Waals surface area contributed by atoms with Crippen LogP contribution in [0.4, 0.5) is 0 Å². The standard InChI is InChI=1S/C48H69N11O13/c1-25(2)38-45(70)58-39(27(4)61)46(71)56-34(22-29-15-17-30(62)18-16-29)47(72)59-20-10-14-36(59)44(69)55-32(21-28-11-6-5-7-12-28)41(66)54-33(23-37(63)64)42(67)57-35(24-60)43(68)53-31(40(65)26(3)52-38)13-8-9-19-51-48(49)50/h5-7,11-12,15-18,25-27,31-36,38-39,52,60-62H,8-10,13-14,19-24H2,1-4H3,(H,53,68)(H,54,66)(H,55,69)(H,56,71)(H,57,67)(H,58,70)(H,63,64)(H4,49,50,51). The van der Waals surface area contributed by atoms with Crippen LogP contribution >= 0.6 is 0 Å². The van der Waals surface area contributed by atoms with E-state index in [9.17, 15) is 63.6 Å². The highest BCUT2D eigenvalue weighted by Crippen LogP contribution is 2.22. The molecule has 0 aromatic heterocycles. The van der Waals surface area contributed by atoms with E-state index in [-0.39, 0.29) is 56.9 Å². The van der Waals surface area contributed by atoms with Crippen LogP contribution in [0.2, 0.25) is 0 Å². The lowest BCUT2D eigenvalue weighted by Gasteiger charge is -2.32. The number of aliphatic hydroxyl groups excluding tert-OH is 2. The first-order valence-electron chi connectivity index (χ1n) is 23.9. The van der Waals surface area contributed by atoms with Gasteiger partial charge in [-0.15, -0.1) is 0 Å². The number of benzene rings is 2. The van der Waals surface area contributed by atoms with Crippen LogP contribution in [0.15, 0.2) is 59.6 Å². The van der Waals surface area contributed by atoms with Crippen LogP contribution in [0.5, 0.6) is 5.75 Å². The number of carbonyl (C=O) groups excluding carboxylic acids is 8. The third kappa shape index (κ3) is 17.0. The van der Waals surface area contributed by atoms with E-state index in [0.717, 1.165) is 0 Å². The minimum atomic E-state index is -1.88. The summed E-state index contributed by atoms with van der Waals surface area (Å²) in [4.78, 5) is 131. The number of Topliss-reactive ketones (excluding diaryl/α,β-unsaturated/α-hetero) is 1. The lowest BCUT2D eigenvalue weighted by molar-refractivity contribution is -0.143. The summed E-state index contributed by atoms with van der Waals surface area (Å²) in [6.45, 7) is 5.14. The van der Waals surface area contributed by atoms with Gasteiger partial charge in [-0.25, -0.2) is 0 Å². The van der Waals surface area contributed by atoms with Crippen molar-refractivity contribution in [2.24, 2.45) is 22.4 Å². The predicted octanol–water partition coefficient (Wildman–Crippen LogP) is -3.05. The fourth-order valence-electron chi connectivity index (χ4n) is 8.38. The van der Waals surface area contributed by atoms with Crippen molar-refractivity contribution in [2.45, 2.75) is 140 Å². The Labute approximate surface area is 416 Å². The number of guanidine groups is 1. The van der Waals surface area contributed by atoms with Gasteiger partial charge in [0.25, 0.3) is 0 Å². The molecule has 2 aliphatic rings. The molecule has 7 amide bonds. The van der Waals surface area contributed by atoms with Crippen molar-refractivity contribution in [1.82, 2.24) is 42.1 Å². The fourth-order valence-corrected chi connectivity index (χ4v) is 8.38. The highest BCUT2D eigenvalue weighted by atomic mass is 16.4. The highest BCUT2D eigenvalue weighted by molar-refractivity contribution is 6.00. The van der Waals surface area contributed by atoms with Gasteiger partial charge in [-0.3, -0.25) is 53.5 Å². The molecule has 0 radical (unpaired) electrons. The maximum atomic E-state index is 14.7. The second-order valence-electron chi connectivity index (χ2n) is 18.4. The Hall–Kier alpha value is -7.18. The van der Waals surface area contributed by atoms with Crippen LogP contribution in [-0.2, 0) is 56.0 Å². The van der Waals surface area contributed by atoms with E-state index >= 15 is 0 Å². The average molecular weight is 1010 g/mol. The Morgan fingerprint density at radius 1 is 0.708 bits per heavy atom. The van der Waals surface area contributed by atoms with Crippen LogP contribution in [0.3, 0.4) is 0 Å². The number of nitrogens with two attached hydrogens (primary N) is 2. The van der Waals surface area contributed by atoms with Gasteiger partial charge in [-0.05, 0) is 75.1 Å². The average Bonchev–Trinajstić information content (AvgIpc) is 3.83. The number of carboxylic acid groups (broad SMARTS) is 1. The summed E-state index contributed by atoms with van der Waals surface area (Å²) in [7, 11) is 0. The molecule has 4 rings (SSSR count). The molecule has 0 aliphatic carbocycles. The molecular weight excluding hydrogens is 939 g/mol. The quantitative estimate of drug-likeness (QED) is 0.0508. The second-order valence-corrected chi connectivity index (χ2v) is 18.4. The van der Waals surface area contributed by atoms with Gasteiger partial charge in [0.15, 0.2) is 11.7 Å². The minimum Gasteiger partial charge on any atom is -0.508 e. The number of rotatable bonds is 14. The molecule has 24 nitrogen and oxygen atoms in total. The number of nitrogens with one attached hydrogen (secondary N) is 7. The van der Waals surface area contributed by atoms with Crippen molar-refractivity contribution >= 4 is 59.1 Å². The Bertz CT molecular complexity index is 2260. The van der Waals surface area contributed by atoms with E-state index in [2.05, 4.69) is 42.2 Å². The number of fused-ring (bicyclic) bond motifs is 1. The summed E-state index contributed by atoms with van der Waals surface area (Å²) in [6.07, 6.45) is -1.90. The van der Waals surface area contributed by atoms with Gasteiger partial charge in [0.1, 0.15) is 42.0 Å². The third-order valence-corrected chi connectivity index (χ3v) is 12.3. The molecule has 394 valence electrons. The van der Waals surface area contributed by atoms with Crippen LogP contribution in [-0.4, -0.2) is 165 Å². The molecule has 10 unspecified atom stereocenters. The largest absolute Gasteiger partial charge is 0.508 e. The smallest absolute Gasteiger partial charge is 0.305 e. The number of aliphatic hydroxyl groups is 2. The molecule has 2 fully saturated rings. The van der Waals surface area contributed by atoms with Crippen molar-refractivity contribution in [3.63, 3.8) is 0 Å². The van der Waals surface area contributed by atoms with E-state index in [1.807, 2.05) is 0 Å². The first kappa shape index (κ1) is 57.4. The Morgan fingerprint density at radius 2 is 1.26 bits per heavy atom. The number of aliphatic carboxylic acids is 1. The third-order valence-electron chi connectivity index (χ3n) is 12.3. The molecule has 2 aromatic rings. The van der Waals surface area contributed by atoms with Crippen molar-refractivity contribution in [1.29, 1.82) is 0 Å². The summed E-state index contributed by atoms with van der Waals surface area (Å²) < 4.78 is 0. The number of hydrogen-bond acceptors (Lipinski definition) is 14. The zero-order valence-electron chi connectivity index (χ0n) is 40.8. The molecule has 0 bridgehead atoms. The van der Waals surface area contributed by atoms with Gasteiger partial charge in [0, 0.05) is 25.9 Å². The first-order valence-corrected chi connectivity index (χ1v) is 23.9. The van der Waals surface area contributed by atoms with Gasteiger partial charge >= 0.3 is 5.97 Å². The number of aliphatic imine (C=N–C) groups is 1. The maximum absolute atomic E-state index is 14.7. The topological polar surface area (TPSA) is 386 Å². The number of unbranched alkanes of at least 4 members (excludes halogenated alkanes) is 1. The SMILES string of the molecule is CC1NC(C(C)C)C(=O)NC(C(C)O)C(=O)NC(Cc2ccc(O)cc2)C(=O)N2CCCC2C(=O)NC(Cc2ccccc2)C(=O)NC(CC(=O)O)C(=O)NC(CO)C(=O)NC(CCCCN=C(N)N)C1=O. The molecule has 2 saturated heterocycles. The van der Waals surface area contributed by atoms with Crippen molar-refractivity contribution in [2.75, 3.05) is 19.7 Å². The van der Waals surface area contributed by atoms with E-state index in [0.29, 0.717) is 24.0 Å². The summed E-state index contributed by atoms with van der Waals surface area (Å²) >= 11 is 0. The Balaban J connectivity index is 1.82. The van der Waals surface area contributed by atoms with Crippen molar-refractivity contribution in [3.8, 4) is 5.75 Å². The number of carbonyl (C=O) groups is 9. The molecular formula is C48H69N11O13. The van der Waals surface area contributed by atoms with Gasteiger partial charge < -0.3 is 68.7 Å². The molecule has 0 spiro atoms. The van der Waals surface area contributed by atoms with Gasteiger partial charge in [0.05, 0.1) is 37.3 Å². The van der Waals surface area contributed by atoms with Crippen LogP contribution in [0.25, 0.3) is 0 Å². The van der Waals surface area contributed by atoms with Gasteiger partial charge in [0.2, 0.25) is 41.4 Å².